The topological polar surface area (TPSA) is 152 Å². The Kier molecular flexibility index (Phi) is 4.00. The molecule has 1 fully saturated rings. The van der Waals surface area contributed by atoms with Crippen LogP contribution in [-0.2, 0) is 14.4 Å². The number of fused-ring (bicyclic) bond motifs is 1. The number of carbonyl (C=O) groups excluding carboxylic acids is 2. The second-order valence-corrected chi connectivity index (χ2v) is 6.94. The second-order valence-electron chi connectivity index (χ2n) is 4.90. The molecule has 0 radical (unpaired) electrons. The number of rotatable bonds is 4. The van der Waals surface area contributed by atoms with Gasteiger partial charge in [0.2, 0.25) is 5.91 Å². The van der Waals surface area contributed by atoms with Gasteiger partial charge in [-0.2, -0.15) is 0 Å². The zero-order valence-electron chi connectivity index (χ0n) is 11.6. The maximum atomic E-state index is 12.2. The number of thiazole rings is 1. The average Bonchev–Trinajstić information content (AvgIpc) is 2.96. The van der Waals surface area contributed by atoms with Gasteiger partial charge < -0.3 is 21.9 Å². The molecule has 2 aliphatic heterocycles. The van der Waals surface area contributed by atoms with Crippen molar-refractivity contribution in [2.75, 3.05) is 11.5 Å². The summed E-state index contributed by atoms with van der Waals surface area (Å²) in [5.74, 6) is -1.73. The first kappa shape index (κ1) is 15.8. The zero-order valence-corrected chi connectivity index (χ0v) is 13.3. The maximum Gasteiger partial charge on any atom is 0.352 e. The SMILES string of the molecule is Nc1nc(C(N)C(=O)NC2C(=O)N3C(C(=O)O)=CCS[C@H]23)cs1. The van der Waals surface area contributed by atoms with Crippen LogP contribution in [0.1, 0.15) is 11.7 Å². The van der Waals surface area contributed by atoms with Crippen LogP contribution >= 0.6 is 23.1 Å². The number of carbonyl (C=O) groups is 3. The maximum absolute atomic E-state index is 12.2. The first-order valence-corrected chi connectivity index (χ1v) is 8.48. The third-order valence-electron chi connectivity index (χ3n) is 3.50. The van der Waals surface area contributed by atoms with Gasteiger partial charge in [0, 0.05) is 11.1 Å². The normalized spacial score (nSPS) is 24.3. The highest BCUT2D eigenvalue weighted by Gasteiger charge is 2.53. The van der Waals surface area contributed by atoms with E-state index in [0.717, 1.165) is 0 Å². The van der Waals surface area contributed by atoms with Crippen LogP contribution in [0.4, 0.5) is 5.13 Å². The summed E-state index contributed by atoms with van der Waals surface area (Å²) in [6.45, 7) is 0. The molecule has 0 saturated carbocycles. The van der Waals surface area contributed by atoms with Crippen molar-refractivity contribution >= 4 is 46.0 Å². The first-order valence-electron chi connectivity index (χ1n) is 6.55. The van der Waals surface area contributed by atoms with Crippen LogP contribution in [0.5, 0.6) is 0 Å². The highest BCUT2D eigenvalue weighted by atomic mass is 32.2. The number of amides is 2. The zero-order chi connectivity index (χ0) is 16.7. The molecule has 0 aliphatic carbocycles. The average molecular weight is 355 g/mol. The van der Waals surface area contributed by atoms with Crippen LogP contribution in [0.25, 0.3) is 0 Å². The largest absolute Gasteiger partial charge is 0.477 e. The van der Waals surface area contributed by atoms with Crippen LogP contribution < -0.4 is 16.8 Å². The fraction of sp³-hybridized carbons (Fsp3) is 0.333. The number of anilines is 1. The van der Waals surface area contributed by atoms with Gasteiger partial charge in [-0.05, 0) is 6.08 Å². The molecule has 2 unspecified atom stereocenters. The Morgan fingerprint density at radius 3 is 2.87 bits per heavy atom. The Bertz CT molecular complexity index is 718. The fourth-order valence-electron chi connectivity index (χ4n) is 2.36. The number of nitrogens with two attached hydrogens (primary N) is 2. The van der Waals surface area contributed by atoms with E-state index in [1.54, 1.807) is 5.38 Å². The molecular formula is C12H13N5O4S2. The van der Waals surface area contributed by atoms with E-state index in [1.165, 1.54) is 34.1 Å². The molecule has 6 N–H and O–H groups in total. The second kappa shape index (κ2) is 5.83. The van der Waals surface area contributed by atoms with Crippen molar-refractivity contribution in [1.82, 2.24) is 15.2 Å². The number of aliphatic carboxylic acids is 1. The van der Waals surface area contributed by atoms with Crippen molar-refractivity contribution < 1.29 is 19.5 Å². The van der Waals surface area contributed by atoms with E-state index in [-0.39, 0.29) is 5.70 Å². The van der Waals surface area contributed by atoms with Crippen molar-refractivity contribution in [3.63, 3.8) is 0 Å². The number of hydrogen-bond donors (Lipinski definition) is 4. The van der Waals surface area contributed by atoms with Gasteiger partial charge in [0.15, 0.2) is 5.13 Å². The van der Waals surface area contributed by atoms with Gasteiger partial charge in [-0.15, -0.1) is 23.1 Å². The summed E-state index contributed by atoms with van der Waals surface area (Å²) in [5.41, 5.74) is 11.6. The van der Waals surface area contributed by atoms with Crippen molar-refractivity contribution in [2.24, 2.45) is 5.73 Å². The minimum atomic E-state index is -1.16. The molecule has 3 atom stereocenters. The van der Waals surface area contributed by atoms with Crippen LogP contribution in [0, 0.1) is 0 Å². The molecule has 1 aromatic heterocycles. The number of nitrogens with one attached hydrogen (secondary N) is 1. The molecule has 0 spiro atoms. The molecule has 1 saturated heterocycles. The first-order chi connectivity index (χ1) is 10.9. The van der Waals surface area contributed by atoms with E-state index in [2.05, 4.69) is 10.3 Å². The number of β-lactam (4-membered cyclic amide) rings is 1. The quantitative estimate of drug-likeness (QED) is 0.507. The number of hydrogen-bond acceptors (Lipinski definition) is 8. The van der Waals surface area contributed by atoms with Gasteiger partial charge in [0.1, 0.15) is 23.2 Å². The fourth-order valence-corrected chi connectivity index (χ4v) is 4.15. The molecular weight excluding hydrogens is 342 g/mol. The summed E-state index contributed by atoms with van der Waals surface area (Å²) in [4.78, 5) is 40.5. The smallest absolute Gasteiger partial charge is 0.352 e. The number of carboxylic acids is 1. The van der Waals surface area contributed by atoms with Gasteiger partial charge in [-0.3, -0.25) is 14.5 Å². The molecule has 9 nitrogen and oxygen atoms in total. The lowest BCUT2D eigenvalue weighted by Gasteiger charge is -2.48. The molecule has 0 aromatic carbocycles. The molecule has 1 aromatic rings. The molecule has 23 heavy (non-hydrogen) atoms. The number of nitrogens with zero attached hydrogens (tertiary/aromatic N) is 2. The van der Waals surface area contributed by atoms with E-state index in [0.29, 0.717) is 16.6 Å². The molecule has 3 heterocycles. The van der Waals surface area contributed by atoms with Gasteiger partial charge >= 0.3 is 5.97 Å². The minimum Gasteiger partial charge on any atom is -0.477 e. The minimum absolute atomic E-state index is 0.0548. The van der Waals surface area contributed by atoms with Gasteiger partial charge in [0.25, 0.3) is 5.91 Å². The predicted octanol–water partition coefficient (Wildman–Crippen LogP) is -0.906. The number of aromatic nitrogens is 1. The number of carboxylic acid groups (broad SMARTS) is 1. The summed E-state index contributed by atoms with van der Waals surface area (Å²) in [5, 5.41) is 13.1. The number of thioether (sulfide) groups is 1. The van der Waals surface area contributed by atoms with Gasteiger partial charge in [-0.1, -0.05) is 0 Å². The Morgan fingerprint density at radius 1 is 1.52 bits per heavy atom. The van der Waals surface area contributed by atoms with E-state index in [9.17, 15) is 14.4 Å². The molecule has 3 rings (SSSR count). The van der Waals surface area contributed by atoms with Crippen LogP contribution in [-0.4, -0.2) is 49.9 Å². The summed E-state index contributed by atoms with van der Waals surface area (Å²) < 4.78 is 0. The summed E-state index contributed by atoms with van der Waals surface area (Å²) in [6.07, 6.45) is 1.48. The molecule has 2 aliphatic rings. The highest BCUT2D eigenvalue weighted by molar-refractivity contribution is 8.00. The summed E-state index contributed by atoms with van der Waals surface area (Å²) in [6, 6.07) is -1.83. The van der Waals surface area contributed by atoms with Gasteiger partial charge in [0.05, 0.1) is 5.69 Å². The van der Waals surface area contributed by atoms with Crippen LogP contribution in [0.2, 0.25) is 0 Å². The van der Waals surface area contributed by atoms with E-state index in [1.807, 2.05) is 0 Å². The Labute approximate surface area is 138 Å². The standard InChI is InChI=1S/C12H13N5O4S2/c13-6(4-3-23-12(14)15-4)8(18)16-7-9(19)17-5(11(20)21)1-2-22-10(7)17/h1,3,6-7,10H,2,13H2,(H2,14,15)(H,16,18)(H,20,21)/t6?,7?,10-/m1/s1. The molecule has 11 heteroatoms. The lowest BCUT2D eigenvalue weighted by molar-refractivity contribution is -0.150. The monoisotopic (exact) mass is 355 g/mol. The van der Waals surface area contributed by atoms with Crippen molar-refractivity contribution in [2.45, 2.75) is 17.5 Å². The van der Waals surface area contributed by atoms with Crippen LogP contribution in [0.15, 0.2) is 17.2 Å². The third kappa shape index (κ3) is 2.66. The molecule has 2 amide bonds. The molecule has 0 bridgehead atoms. The summed E-state index contributed by atoms with van der Waals surface area (Å²) in [7, 11) is 0. The Morgan fingerprint density at radius 2 is 2.26 bits per heavy atom. The number of nitrogen functional groups attached to an aromatic ring is 1. The summed E-state index contributed by atoms with van der Waals surface area (Å²) >= 11 is 2.54. The Balaban J connectivity index is 1.68. The van der Waals surface area contributed by atoms with Crippen molar-refractivity contribution in [1.29, 1.82) is 0 Å². The third-order valence-corrected chi connectivity index (χ3v) is 5.38. The lowest BCUT2D eigenvalue weighted by atomic mass is 10.0. The van der Waals surface area contributed by atoms with E-state index >= 15 is 0 Å². The van der Waals surface area contributed by atoms with Crippen LogP contribution in [0.3, 0.4) is 0 Å². The van der Waals surface area contributed by atoms with Crippen molar-refractivity contribution in [3.8, 4) is 0 Å². The van der Waals surface area contributed by atoms with Gasteiger partial charge in [-0.25, -0.2) is 9.78 Å². The molecule has 122 valence electrons. The van der Waals surface area contributed by atoms with E-state index < -0.39 is 35.2 Å². The van der Waals surface area contributed by atoms with E-state index in [4.69, 9.17) is 16.6 Å². The Hall–Kier alpha value is -2.11. The lowest BCUT2D eigenvalue weighted by Crippen LogP contribution is -2.70. The highest BCUT2D eigenvalue weighted by Crippen LogP contribution is 2.37. The predicted molar refractivity (Wildman–Crippen MR) is 84.2 cm³/mol. The van der Waals surface area contributed by atoms with Crippen molar-refractivity contribution in [3.05, 3.63) is 22.8 Å².